The summed E-state index contributed by atoms with van der Waals surface area (Å²) in [6.45, 7) is 11.2. The number of aryl methyl sites for hydroxylation is 1. The average Bonchev–Trinajstić information content (AvgIpc) is 3.04. The van der Waals surface area contributed by atoms with Crippen LogP contribution in [0.5, 0.6) is 0 Å². The molecule has 3 aromatic rings. The van der Waals surface area contributed by atoms with E-state index in [0.717, 1.165) is 57.2 Å². The molecule has 4 rings (SSSR count). The number of benzene rings is 3. The SMILES string of the molecule is CC(F)F.CCC/C=C\c1cc(C(=O)N2CCC(C(=Nc3ccccc3C)C(C)CC)CC2)c(F)cc1Nc1cccc(C(C)(F)F)c1. The fourth-order valence-electron chi connectivity index (χ4n) is 5.59. The molecule has 0 aliphatic carbocycles. The largest absolute Gasteiger partial charge is 0.355 e. The van der Waals surface area contributed by atoms with Crippen molar-refractivity contribution in [3.63, 3.8) is 0 Å². The van der Waals surface area contributed by atoms with Crippen LogP contribution in [0.15, 0.2) is 71.7 Å². The van der Waals surface area contributed by atoms with Gasteiger partial charge in [-0.2, -0.15) is 0 Å². The molecule has 0 saturated carbocycles. The minimum Gasteiger partial charge on any atom is -0.355 e. The summed E-state index contributed by atoms with van der Waals surface area (Å²) >= 11 is 0. The van der Waals surface area contributed by atoms with E-state index in [2.05, 4.69) is 39.1 Å². The first-order valence-electron chi connectivity index (χ1n) is 16.7. The van der Waals surface area contributed by atoms with E-state index in [1.54, 1.807) is 17.0 Å². The second-order valence-corrected chi connectivity index (χ2v) is 12.4. The smallest absolute Gasteiger partial charge is 0.270 e. The number of amides is 1. The number of nitrogens with zero attached hydrogens (tertiary/aromatic N) is 2. The molecular weight excluding hydrogens is 621 g/mol. The van der Waals surface area contributed by atoms with Gasteiger partial charge in [0.15, 0.2) is 0 Å². The lowest BCUT2D eigenvalue weighted by Crippen LogP contribution is -2.41. The molecule has 1 N–H and O–H groups in total. The number of carbonyl (C=O) groups is 1. The summed E-state index contributed by atoms with van der Waals surface area (Å²) in [4.78, 5) is 20.5. The monoisotopic (exact) mass is 669 g/mol. The molecule has 4 nitrogen and oxygen atoms in total. The number of alkyl halides is 4. The Balaban J connectivity index is 0.00000148. The minimum absolute atomic E-state index is 0.00900. The number of allylic oxidation sites excluding steroid dienone is 1. The first-order valence-corrected chi connectivity index (χ1v) is 16.7. The topological polar surface area (TPSA) is 44.7 Å². The van der Waals surface area contributed by atoms with Crippen LogP contribution in [0.25, 0.3) is 6.08 Å². The van der Waals surface area contributed by atoms with Gasteiger partial charge in [-0.15, -0.1) is 0 Å². The van der Waals surface area contributed by atoms with E-state index in [-0.39, 0.29) is 23.0 Å². The van der Waals surface area contributed by atoms with Crippen LogP contribution in [0.2, 0.25) is 0 Å². The van der Waals surface area contributed by atoms with Crippen molar-refractivity contribution < 1.29 is 26.7 Å². The summed E-state index contributed by atoms with van der Waals surface area (Å²) in [7, 11) is 0. The molecular formula is C39H48F5N3O. The van der Waals surface area contributed by atoms with E-state index in [9.17, 15) is 22.4 Å². The maximum atomic E-state index is 15.6. The van der Waals surface area contributed by atoms with E-state index in [0.29, 0.717) is 35.9 Å². The maximum absolute atomic E-state index is 15.6. The molecule has 1 saturated heterocycles. The summed E-state index contributed by atoms with van der Waals surface area (Å²) in [5.41, 5.74) is 4.60. The molecule has 1 atom stereocenters. The van der Waals surface area contributed by atoms with Gasteiger partial charge < -0.3 is 10.2 Å². The average molecular weight is 670 g/mol. The number of rotatable bonds is 11. The van der Waals surface area contributed by atoms with Crippen molar-refractivity contribution in [3.8, 4) is 0 Å². The van der Waals surface area contributed by atoms with Crippen LogP contribution < -0.4 is 5.32 Å². The predicted molar refractivity (Wildman–Crippen MR) is 188 cm³/mol. The van der Waals surface area contributed by atoms with Crippen molar-refractivity contribution in [2.75, 3.05) is 18.4 Å². The van der Waals surface area contributed by atoms with Gasteiger partial charge in [0.25, 0.3) is 11.8 Å². The Kier molecular flexibility index (Phi) is 14.4. The number of para-hydroxylation sites is 1. The van der Waals surface area contributed by atoms with Gasteiger partial charge in [0.1, 0.15) is 5.82 Å². The van der Waals surface area contributed by atoms with Crippen LogP contribution >= 0.6 is 0 Å². The fourth-order valence-corrected chi connectivity index (χ4v) is 5.59. The van der Waals surface area contributed by atoms with Gasteiger partial charge in [0, 0.05) is 48.6 Å². The molecule has 0 aromatic heterocycles. The maximum Gasteiger partial charge on any atom is 0.270 e. The Morgan fingerprint density at radius 3 is 2.31 bits per heavy atom. The minimum atomic E-state index is -3.00. The Labute approximate surface area is 282 Å². The number of nitrogens with one attached hydrogen (secondary N) is 1. The van der Waals surface area contributed by atoms with E-state index < -0.39 is 18.2 Å². The van der Waals surface area contributed by atoms with Crippen LogP contribution in [0, 0.1) is 24.6 Å². The highest BCUT2D eigenvalue weighted by Gasteiger charge is 2.30. The van der Waals surface area contributed by atoms with Gasteiger partial charge in [-0.1, -0.05) is 69.7 Å². The summed E-state index contributed by atoms with van der Waals surface area (Å²) in [5.74, 6) is -3.42. The molecule has 0 radical (unpaired) electrons. The van der Waals surface area contributed by atoms with Crippen LogP contribution in [0.3, 0.4) is 0 Å². The lowest BCUT2D eigenvalue weighted by molar-refractivity contribution is 0.0175. The van der Waals surface area contributed by atoms with Gasteiger partial charge in [-0.25, -0.2) is 22.0 Å². The molecule has 48 heavy (non-hydrogen) atoms. The summed E-state index contributed by atoms with van der Waals surface area (Å²) in [6, 6.07) is 16.9. The first-order chi connectivity index (χ1) is 22.7. The van der Waals surface area contributed by atoms with E-state index in [4.69, 9.17) is 4.99 Å². The van der Waals surface area contributed by atoms with Crippen molar-refractivity contribution in [3.05, 3.63) is 94.8 Å². The number of likely N-dealkylation sites (tertiary alicyclic amines) is 1. The van der Waals surface area contributed by atoms with Gasteiger partial charge in [0.05, 0.1) is 11.3 Å². The van der Waals surface area contributed by atoms with Crippen molar-refractivity contribution in [1.82, 2.24) is 4.90 Å². The van der Waals surface area contributed by atoms with Crippen LogP contribution in [-0.4, -0.2) is 36.0 Å². The second-order valence-electron chi connectivity index (χ2n) is 12.4. The summed E-state index contributed by atoms with van der Waals surface area (Å²) in [6.07, 6.45) is 5.92. The van der Waals surface area contributed by atoms with Crippen molar-refractivity contribution in [1.29, 1.82) is 0 Å². The third-order valence-corrected chi connectivity index (χ3v) is 8.45. The fraction of sp³-hybridized carbons (Fsp3) is 0.436. The summed E-state index contributed by atoms with van der Waals surface area (Å²) in [5, 5.41) is 3.09. The molecule has 0 spiro atoms. The molecule has 0 bridgehead atoms. The molecule has 1 heterocycles. The van der Waals surface area contributed by atoms with Crippen molar-refractivity contribution in [2.24, 2.45) is 16.8 Å². The Hall–Kier alpha value is -4.01. The first kappa shape index (κ1) is 38.4. The third-order valence-electron chi connectivity index (χ3n) is 8.45. The molecule has 1 unspecified atom stereocenters. The van der Waals surface area contributed by atoms with Crippen LogP contribution in [0.4, 0.5) is 39.0 Å². The summed E-state index contributed by atoms with van der Waals surface area (Å²) < 4.78 is 64.1. The number of aliphatic imine (C=N–C) groups is 1. The Morgan fingerprint density at radius 1 is 1.04 bits per heavy atom. The second kappa shape index (κ2) is 17.9. The highest BCUT2D eigenvalue weighted by Crippen LogP contribution is 2.33. The molecule has 260 valence electrons. The number of piperidine rings is 1. The highest BCUT2D eigenvalue weighted by molar-refractivity contribution is 5.97. The standard InChI is InChI=1S/C37H44F3N3O.C2H4F2/c1-6-8-9-14-28-22-31(32(38)24-34(28)41-30-16-12-15-29(23-30)37(5,39)40)36(44)43-20-18-27(19-21-43)35(25(3)7-2)42-33-17-11-10-13-26(33)4;1-2(3)4/h9-17,22-25,27,41H,6-8,18-21H2,1-5H3;2H,1H3/b14-9-,42-35?;. The molecule has 1 aliphatic heterocycles. The number of anilines is 2. The van der Waals surface area contributed by atoms with E-state index >= 15 is 4.39 Å². The number of carbonyl (C=O) groups excluding carboxylic acids is 1. The van der Waals surface area contributed by atoms with Gasteiger partial charge in [-0.05, 0) is 86.9 Å². The molecule has 1 amide bonds. The molecule has 1 fully saturated rings. The Bertz CT molecular complexity index is 1550. The normalized spacial score (nSPS) is 15.0. The molecule has 3 aromatic carbocycles. The third kappa shape index (κ3) is 11.0. The Morgan fingerprint density at radius 2 is 1.71 bits per heavy atom. The quantitative estimate of drug-likeness (QED) is 0.163. The zero-order valence-electron chi connectivity index (χ0n) is 28.8. The van der Waals surface area contributed by atoms with Crippen molar-refractivity contribution in [2.45, 2.75) is 86.0 Å². The number of unbranched alkanes of at least 4 members (excludes halogenated alkanes) is 1. The zero-order valence-corrected chi connectivity index (χ0v) is 28.8. The number of hydrogen-bond acceptors (Lipinski definition) is 3. The lowest BCUT2D eigenvalue weighted by Gasteiger charge is -2.34. The molecule has 1 aliphatic rings. The number of halogens is 5. The van der Waals surface area contributed by atoms with Gasteiger partial charge in [0.2, 0.25) is 6.43 Å². The van der Waals surface area contributed by atoms with E-state index in [1.807, 2.05) is 30.4 Å². The van der Waals surface area contributed by atoms with Crippen molar-refractivity contribution >= 4 is 34.8 Å². The van der Waals surface area contributed by atoms with E-state index in [1.165, 1.54) is 30.0 Å². The highest BCUT2D eigenvalue weighted by atomic mass is 19.3. The van der Waals surface area contributed by atoms with Crippen LogP contribution in [-0.2, 0) is 5.92 Å². The lowest BCUT2D eigenvalue weighted by atomic mass is 9.84. The zero-order chi connectivity index (χ0) is 35.4. The molecule has 9 heteroatoms. The van der Waals surface area contributed by atoms with Gasteiger partial charge in [-0.3, -0.25) is 9.79 Å². The predicted octanol–water partition coefficient (Wildman–Crippen LogP) is 11.7. The van der Waals surface area contributed by atoms with Gasteiger partial charge >= 0.3 is 0 Å². The number of hydrogen-bond donors (Lipinski definition) is 1. The van der Waals surface area contributed by atoms with Crippen LogP contribution in [0.1, 0.15) is 93.8 Å².